The van der Waals surface area contributed by atoms with Gasteiger partial charge in [0, 0.05) is 38.8 Å². The number of para-hydroxylation sites is 2. The molecule has 0 unspecified atom stereocenters. The van der Waals surface area contributed by atoms with E-state index >= 15 is 0 Å². The lowest BCUT2D eigenvalue weighted by Crippen LogP contribution is -1.96. The van der Waals surface area contributed by atoms with Crippen LogP contribution in [-0.2, 0) is 0 Å². The van der Waals surface area contributed by atoms with Crippen LogP contribution in [0.5, 0.6) is 0 Å². The minimum absolute atomic E-state index is 1.17. The summed E-state index contributed by atoms with van der Waals surface area (Å²) < 4.78 is 4.76. The molecule has 6 aromatic carbocycles. The highest BCUT2D eigenvalue weighted by atomic mass is 15.0. The van der Waals surface area contributed by atoms with Crippen LogP contribution in [0.15, 0.2) is 134 Å². The largest absolute Gasteiger partial charge is 0.317 e. The summed E-state index contributed by atoms with van der Waals surface area (Å²) in [6, 6.07) is 46.1. The Kier molecular flexibility index (Phi) is 3.97. The highest BCUT2D eigenvalue weighted by Gasteiger charge is 2.17. The van der Waals surface area contributed by atoms with Crippen LogP contribution >= 0.6 is 0 Å². The summed E-state index contributed by atoms with van der Waals surface area (Å²) in [6.07, 6.45) is 2.18. The predicted octanol–water partition coefficient (Wildman–Crippen LogP) is 9.03. The van der Waals surface area contributed by atoms with Crippen LogP contribution in [0.25, 0.3) is 65.6 Å². The molecule has 0 aliphatic heterocycles. The first-order chi connectivity index (χ1) is 17.9. The van der Waals surface area contributed by atoms with E-state index in [0.717, 1.165) is 0 Å². The van der Waals surface area contributed by atoms with Gasteiger partial charge in [0.15, 0.2) is 0 Å². The highest BCUT2D eigenvalue weighted by molar-refractivity contribution is 6.20. The van der Waals surface area contributed by atoms with Gasteiger partial charge < -0.3 is 9.13 Å². The molecule has 36 heavy (non-hydrogen) atoms. The fourth-order valence-corrected chi connectivity index (χ4v) is 5.88. The average molecular weight is 459 g/mol. The van der Waals surface area contributed by atoms with Crippen molar-refractivity contribution < 1.29 is 0 Å². The van der Waals surface area contributed by atoms with Gasteiger partial charge in [0.1, 0.15) is 0 Å². The van der Waals surface area contributed by atoms with Crippen molar-refractivity contribution in [3.05, 3.63) is 134 Å². The summed E-state index contributed by atoms with van der Waals surface area (Å²) in [5, 5.41) is 8.84. The molecule has 8 aromatic rings. The number of fused-ring (bicyclic) bond motifs is 7. The number of nitrogens with zero attached hydrogens (tertiary/aromatic N) is 2. The molecule has 0 bridgehead atoms. The van der Waals surface area contributed by atoms with Crippen molar-refractivity contribution in [2.45, 2.75) is 0 Å². The number of benzene rings is 6. The summed E-state index contributed by atoms with van der Waals surface area (Å²) in [4.78, 5) is 0. The fourth-order valence-electron chi connectivity index (χ4n) is 5.88. The monoisotopic (exact) mass is 458 g/mol. The number of aromatic nitrogens is 2. The van der Waals surface area contributed by atoms with Gasteiger partial charge in [-0.15, -0.1) is 0 Å². The molecule has 0 fully saturated rings. The Balaban J connectivity index is 1.57. The minimum atomic E-state index is 1.17. The van der Waals surface area contributed by atoms with Crippen LogP contribution in [0.2, 0.25) is 0 Å². The van der Waals surface area contributed by atoms with Gasteiger partial charge in [-0.2, -0.15) is 0 Å². The third-order valence-corrected chi connectivity index (χ3v) is 7.50. The van der Waals surface area contributed by atoms with Gasteiger partial charge in [0.25, 0.3) is 0 Å². The summed E-state index contributed by atoms with van der Waals surface area (Å²) in [6.45, 7) is 0. The van der Waals surface area contributed by atoms with E-state index in [1.54, 1.807) is 0 Å². The molecule has 0 saturated carbocycles. The summed E-state index contributed by atoms with van der Waals surface area (Å²) in [5.41, 5.74) is 6.09. The van der Waals surface area contributed by atoms with Crippen LogP contribution in [0.3, 0.4) is 0 Å². The number of hydrogen-bond acceptors (Lipinski definition) is 0. The van der Waals surface area contributed by atoms with Crippen molar-refractivity contribution in [1.29, 1.82) is 0 Å². The summed E-state index contributed by atoms with van der Waals surface area (Å²) in [7, 11) is 0. The fraction of sp³-hybridized carbons (Fsp3) is 0. The van der Waals surface area contributed by atoms with Crippen LogP contribution in [0.1, 0.15) is 0 Å². The molecule has 168 valence electrons. The molecule has 2 heteroatoms. The zero-order valence-corrected chi connectivity index (χ0v) is 19.6. The molecule has 8 rings (SSSR count). The van der Waals surface area contributed by atoms with Crippen molar-refractivity contribution >= 4 is 54.3 Å². The molecule has 0 saturated heterocycles. The van der Waals surface area contributed by atoms with E-state index in [9.17, 15) is 0 Å². The van der Waals surface area contributed by atoms with E-state index in [-0.39, 0.29) is 0 Å². The topological polar surface area (TPSA) is 9.86 Å². The van der Waals surface area contributed by atoms with Gasteiger partial charge >= 0.3 is 0 Å². The van der Waals surface area contributed by atoms with Gasteiger partial charge in [-0.05, 0) is 53.2 Å². The third kappa shape index (κ3) is 2.67. The Morgan fingerprint density at radius 3 is 2.11 bits per heavy atom. The minimum Gasteiger partial charge on any atom is -0.317 e. The standard InChI is InChI=1S/C34H22N2/c1-2-11-26(12-3-1)35-20-19-25-21-24-17-18-29-28-14-6-7-15-32(28)36(34(29)30(24)22-33(25)35)31-16-8-10-23-9-4-5-13-27(23)31/h1-22H. The van der Waals surface area contributed by atoms with Crippen molar-refractivity contribution in [3.63, 3.8) is 0 Å². The molecule has 0 aliphatic rings. The van der Waals surface area contributed by atoms with Crippen LogP contribution in [-0.4, -0.2) is 9.13 Å². The van der Waals surface area contributed by atoms with E-state index in [1.165, 1.54) is 65.6 Å². The first-order valence-electron chi connectivity index (χ1n) is 12.4. The maximum atomic E-state index is 2.47. The van der Waals surface area contributed by atoms with Crippen LogP contribution in [0.4, 0.5) is 0 Å². The number of hydrogen-bond donors (Lipinski definition) is 0. The normalized spacial score (nSPS) is 11.9. The lowest BCUT2D eigenvalue weighted by atomic mass is 10.0. The maximum absolute atomic E-state index is 2.47. The molecule has 0 amide bonds. The molecule has 0 radical (unpaired) electrons. The van der Waals surface area contributed by atoms with Crippen molar-refractivity contribution in [2.75, 3.05) is 0 Å². The Morgan fingerprint density at radius 1 is 0.417 bits per heavy atom. The summed E-state index contributed by atoms with van der Waals surface area (Å²) >= 11 is 0. The predicted molar refractivity (Wildman–Crippen MR) is 153 cm³/mol. The molecule has 2 aromatic heterocycles. The molecule has 0 N–H and O–H groups in total. The molecule has 0 spiro atoms. The van der Waals surface area contributed by atoms with Gasteiger partial charge in [-0.3, -0.25) is 0 Å². The zero-order valence-electron chi connectivity index (χ0n) is 19.6. The Labute approximate surface area is 208 Å². The quantitative estimate of drug-likeness (QED) is 0.244. The second-order valence-electron chi connectivity index (χ2n) is 9.47. The smallest absolute Gasteiger partial charge is 0.0620 e. The Bertz CT molecular complexity index is 2090. The Hall–Kier alpha value is -4.82. The van der Waals surface area contributed by atoms with Crippen molar-refractivity contribution in [1.82, 2.24) is 9.13 Å². The van der Waals surface area contributed by atoms with Crippen LogP contribution in [0, 0.1) is 0 Å². The van der Waals surface area contributed by atoms with Gasteiger partial charge in [0.05, 0.1) is 22.2 Å². The molecular formula is C34H22N2. The third-order valence-electron chi connectivity index (χ3n) is 7.50. The van der Waals surface area contributed by atoms with E-state index in [4.69, 9.17) is 0 Å². The van der Waals surface area contributed by atoms with E-state index in [1.807, 2.05) is 0 Å². The zero-order chi connectivity index (χ0) is 23.6. The van der Waals surface area contributed by atoms with Gasteiger partial charge in [-0.1, -0.05) is 84.9 Å². The second-order valence-corrected chi connectivity index (χ2v) is 9.47. The summed E-state index contributed by atoms with van der Waals surface area (Å²) in [5.74, 6) is 0. The molecular weight excluding hydrogens is 436 g/mol. The van der Waals surface area contributed by atoms with E-state index < -0.39 is 0 Å². The van der Waals surface area contributed by atoms with Gasteiger partial charge in [0.2, 0.25) is 0 Å². The van der Waals surface area contributed by atoms with Crippen molar-refractivity contribution in [2.24, 2.45) is 0 Å². The van der Waals surface area contributed by atoms with Gasteiger partial charge in [-0.25, -0.2) is 0 Å². The van der Waals surface area contributed by atoms with Crippen LogP contribution < -0.4 is 0 Å². The number of rotatable bonds is 2. The lowest BCUT2D eigenvalue weighted by molar-refractivity contribution is 1.13. The maximum Gasteiger partial charge on any atom is 0.0620 e. The molecule has 0 atom stereocenters. The van der Waals surface area contributed by atoms with Crippen molar-refractivity contribution in [3.8, 4) is 11.4 Å². The van der Waals surface area contributed by atoms with E-state index in [0.29, 0.717) is 0 Å². The second kappa shape index (κ2) is 7.34. The first kappa shape index (κ1) is 19.5. The first-order valence-corrected chi connectivity index (χ1v) is 12.4. The molecule has 0 aliphatic carbocycles. The highest BCUT2D eigenvalue weighted by Crippen LogP contribution is 2.39. The molecule has 2 nitrogen and oxygen atoms in total. The average Bonchev–Trinajstić information content (AvgIpc) is 3.51. The SMILES string of the molecule is c1ccc(-n2ccc3cc4ccc5c6ccccc6n(-c6cccc7ccccc67)c5c4cc32)cc1. The lowest BCUT2D eigenvalue weighted by Gasteiger charge is -2.13. The van der Waals surface area contributed by atoms with E-state index in [2.05, 4.69) is 143 Å². The molecule has 2 heterocycles. The Morgan fingerprint density at radius 2 is 1.19 bits per heavy atom.